The van der Waals surface area contributed by atoms with Crippen LogP contribution in [0.2, 0.25) is 0 Å². The van der Waals surface area contributed by atoms with E-state index in [-0.39, 0.29) is 30.3 Å². The van der Waals surface area contributed by atoms with Crippen molar-refractivity contribution >= 4 is 15.9 Å². The number of aryl methyl sites for hydroxylation is 1. The Morgan fingerprint density at radius 1 is 1.06 bits per heavy atom. The van der Waals surface area contributed by atoms with Gasteiger partial charge >= 0.3 is 0 Å². The smallest absolute Gasteiger partial charge is 0.276 e. The van der Waals surface area contributed by atoms with Gasteiger partial charge in [0, 0.05) is 18.8 Å². The van der Waals surface area contributed by atoms with Gasteiger partial charge < -0.3 is 19.9 Å². The number of nitrogens with one attached hydrogen (secondary N) is 1. The number of carbonyl (C=O) groups excluding carboxylic acids is 1. The highest BCUT2D eigenvalue weighted by Crippen LogP contribution is 2.18. The van der Waals surface area contributed by atoms with Crippen LogP contribution in [0.5, 0.6) is 0 Å². The van der Waals surface area contributed by atoms with E-state index < -0.39 is 34.2 Å². The first-order chi connectivity index (χ1) is 16.2. The number of nitrogens with zero attached hydrogens (tertiary/aromatic N) is 2. The van der Waals surface area contributed by atoms with Gasteiger partial charge in [-0.2, -0.15) is 4.31 Å². The van der Waals surface area contributed by atoms with Crippen molar-refractivity contribution in [2.24, 2.45) is 0 Å². The maximum Gasteiger partial charge on any atom is 0.276 e. The summed E-state index contributed by atoms with van der Waals surface area (Å²) >= 11 is 0. The molecule has 0 spiro atoms. The van der Waals surface area contributed by atoms with Gasteiger partial charge in [0.15, 0.2) is 0 Å². The second kappa shape index (κ2) is 11.4. The zero-order chi connectivity index (χ0) is 24.7. The molecule has 0 saturated heterocycles. The molecule has 3 rings (SSSR count). The van der Waals surface area contributed by atoms with E-state index in [1.54, 1.807) is 25.1 Å². The molecule has 0 fully saturated rings. The van der Waals surface area contributed by atoms with Crippen LogP contribution < -0.4 is 5.32 Å². The minimum atomic E-state index is -4.12. The molecular weight excluding hydrogens is 458 g/mol. The van der Waals surface area contributed by atoms with E-state index in [1.165, 1.54) is 25.3 Å². The molecule has 34 heavy (non-hydrogen) atoms. The molecule has 1 aromatic carbocycles. The largest absolute Gasteiger partial charge is 0.452 e. The van der Waals surface area contributed by atoms with Crippen molar-refractivity contribution in [3.63, 3.8) is 0 Å². The number of hydrogen-bond donors (Lipinski definition) is 3. The van der Waals surface area contributed by atoms with Gasteiger partial charge in [-0.1, -0.05) is 36.4 Å². The average Bonchev–Trinajstić information content (AvgIpc) is 3.34. The minimum absolute atomic E-state index is 0.189. The van der Waals surface area contributed by atoms with E-state index in [9.17, 15) is 23.4 Å². The highest BCUT2D eigenvalue weighted by Gasteiger charge is 2.33. The van der Waals surface area contributed by atoms with Gasteiger partial charge in [0.05, 0.1) is 24.5 Å². The molecule has 3 aromatic rings. The van der Waals surface area contributed by atoms with E-state index >= 15 is 0 Å². The van der Waals surface area contributed by atoms with Crippen molar-refractivity contribution in [3.05, 3.63) is 83.9 Å². The molecule has 3 N–H and O–H groups in total. The van der Waals surface area contributed by atoms with Crippen LogP contribution in [0.15, 0.2) is 76.4 Å². The Balaban J connectivity index is 1.86. The lowest BCUT2D eigenvalue weighted by atomic mass is 10.0. The third-order valence-electron chi connectivity index (χ3n) is 5.15. The third kappa shape index (κ3) is 6.73. The Kier molecular flexibility index (Phi) is 8.56. The molecule has 0 aliphatic heterocycles. The van der Waals surface area contributed by atoms with Gasteiger partial charge in [0.25, 0.3) is 15.9 Å². The van der Waals surface area contributed by atoms with Crippen molar-refractivity contribution in [3.8, 4) is 0 Å². The lowest BCUT2D eigenvalue weighted by Crippen LogP contribution is -2.51. The van der Waals surface area contributed by atoms with Crippen LogP contribution in [0.4, 0.5) is 0 Å². The van der Waals surface area contributed by atoms with Crippen LogP contribution in [-0.2, 0) is 16.4 Å². The SMILES string of the molecule is Cc1cccc(C(=O)N[C@@H](Cc2ccccc2)[C@H](O)CN(CC(C)O)S(=O)(=O)c2ccco2)n1. The number of hydrogen-bond acceptors (Lipinski definition) is 7. The second-order valence-corrected chi connectivity index (χ2v) is 9.97. The molecule has 0 aliphatic rings. The Hall–Kier alpha value is -3.05. The molecule has 10 heteroatoms. The summed E-state index contributed by atoms with van der Waals surface area (Å²) in [5.41, 5.74) is 1.70. The normalized spacial score (nSPS) is 14.5. The summed E-state index contributed by atoms with van der Waals surface area (Å²) in [6.45, 7) is 2.59. The molecular formula is C24H29N3O6S. The van der Waals surface area contributed by atoms with Crippen molar-refractivity contribution in [2.45, 2.75) is 43.6 Å². The first-order valence-electron chi connectivity index (χ1n) is 10.8. The van der Waals surface area contributed by atoms with Crippen LogP contribution in [0.1, 0.15) is 28.7 Å². The van der Waals surface area contributed by atoms with E-state index in [0.29, 0.717) is 5.69 Å². The standard InChI is InChI=1S/C24H29N3O6S/c1-17-8-6-11-20(25-17)24(30)26-21(14-19-9-4-3-5-10-19)22(29)16-27(15-18(2)28)34(31,32)23-12-7-13-33-23/h3-13,18,21-22,28-29H,14-16H2,1-2H3,(H,26,30)/t18?,21-,22+/m0/s1. The molecule has 0 saturated carbocycles. The van der Waals surface area contributed by atoms with Gasteiger partial charge in [-0.25, -0.2) is 13.4 Å². The summed E-state index contributed by atoms with van der Waals surface area (Å²) in [7, 11) is -4.12. The predicted octanol–water partition coefficient (Wildman–Crippen LogP) is 1.76. The fraction of sp³-hybridized carbons (Fsp3) is 0.333. The van der Waals surface area contributed by atoms with Crippen molar-refractivity contribution in [2.75, 3.05) is 13.1 Å². The summed E-state index contributed by atoms with van der Waals surface area (Å²) < 4.78 is 32.1. The highest BCUT2D eigenvalue weighted by molar-refractivity contribution is 7.89. The zero-order valence-corrected chi connectivity index (χ0v) is 19.9. The van der Waals surface area contributed by atoms with Gasteiger partial charge in [-0.15, -0.1) is 0 Å². The zero-order valence-electron chi connectivity index (χ0n) is 19.0. The molecule has 182 valence electrons. The number of rotatable bonds is 11. The van der Waals surface area contributed by atoms with Crippen molar-refractivity contribution in [1.29, 1.82) is 0 Å². The number of sulfonamides is 1. The second-order valence-electron chi connectivity index (χ2n) is 8.10. The summed E-state index contributed by atoms with van der Waals surface area (Å²) in [5, 5.41) is 23.5. The van der Waals surface area contributed by atoms with E-state index in [4.69, 9.17) is 4.42 Å². The van der Waals surface area contributed by atoms with Gasteiger partial charge in [-0.3, -0.25) is 4.79 Å². The number of carbonyl (C=O) groups is 1. The monoisotopic (exact) mass is 487 g/mol. The van der Waals surface area contributed by atoms with E-state index in [1.807, 2.05) is 30.3 Å². The van der Waals surface area contributed by atoms with Crippen molar-refractivity contribution in [1.82, 2.24) is 14.6 Å². The Labute approximate surface area is 199 Å². The maximum absolute atomic E-state index is 13.0. The molecule has 0 bridgehead atoms. The van der Waals surface area contributed by atoms with Crippen LogP contribution in [-0.4, -0.2) is 65.2 Å². The summed E-state index contributed by atoms with van der Waals surface area (Å²) in [6.07, 6.45) is -0.798. The van der Waals surface area contributed by atoms with E-state index in [2.05, 4.69) is 10.3 Å². The Morgan fingerprint density at radius 3 is 2.41 bits per heavy atom. The van der Waals surface area contributed by atoms with Crippen molar-refractivity contribution < 1.29 is 27.8 Å². The van der Waals surface area contributed by atoms with Crippen LogP contribution in [0.3, 0.4) is 0 Å². The van der Waals surface area contributed by atoms with Crippen LogP contribution in [0.25, 0.3) is 0 Å². The topological polar surface area (TPSA) is 133 Å². The molecule has 3 atom stereocenters. The number of furan rings is 1. The van der Waals surface area contributed by atoms with Crippen LogP contribution in [0, 0.1) is 6.92 Å². The number of aliphatic hydroxyl groups excluding tert-OH is 2. The lowest BCUT2D eigenvalue weighted by molar-refractivity contribution is 0.0726. The number of amides is 1. The maximum atomic E-state index is 13.0. The predicted molar refractivity (Wildman–Crippen MR) is 126 cm³/mol. The molecule has 9 nitrogen and oxygen atoms in total. The number of pyridine rings is 1. The quantitative estimate of drug-likeness (QED) is 0.375. The molecule has 1 unspecified atom stereocenters. The summed E-state index contributed by atoms with van der Waals surface area (Å²) in [4.78, 5) is 17.1. The molecule has 0 radical (unpaired) electrons. The van der Waals surface area contributed by atoms with Gasteiger partial charge in [0.1, 0.15) is 5.69 Å². The summed E-state index contributed by atoms with van der Waals surface area (Å²) in [5.74, 6) is -0.486. The Bertz CT molecular complexity index is 1170. The molecule has 0 aliphatic carbocycles. The number of benzene rings is 1. The third-order valence-corrected chi connectivity index (χ3v) is 6.87. The van der Waals surface area contributed by atoms with Gasteiger partial charge in [0.2, 0.25) is 5.09 Å². The number of aliphatic hydroxyl groups is 2. The first kappa shape index (κ1) is 25.6. The van der Waals surface area contributed by atoms with Crippen LogP contribution >= 0.6 is 0 Å². The first-order valence-corrected chi connectivity index (χ1v) is 12.3. The fourth-order valence-electron chi connectivity index (χ4n) is 3.50. The molecule has 2 aromatic heterocycles. The average molecular weight is 488 g/mol. The highest BCUT2D eigenvalue weighted by atomic mass is 32.2. The molecule has 1 amide bonds. The fourth-order valence-corrected chi connectivity index (χ4v) is 4.95. The summed E-state index contributed by atoms with van der Waals surface area (Å²) in [6, 6.07) is 16.2. The van der Waals surface area contributed by atoms with E-state index in [0.717, 1.165) is 9.87 Å². The lowest BCUT2D eigenvalue weighted by Gasteiger charge is -2.29. The number of aromatic nitrogens is 1. The minimum Gasteiger partial charge on any atom is -0.452 e. The van der Waals surface area contributed by atoms with Gasteiger partial charge in [-0.05, 0) is 50.1 Å². The molecule has 2 heterocycles. The Morgan fingerprint density at radius 2 is 1.79 bits per heavy atom.